The molecule has 0 amide bonds. The fourth-order valence-electron chi connectivity index (χ4n) is 1.34. The van der Waals surface area contributed by atoms with Gasteiger partial charge in [0.25, 0.3) is 6.20 Å². The van der Waals surface area contributed by atoms with E-state index < -0.39 is 0 Å². The predicted molar refractivity (Wildman–Crippen MR) is 53.3 cm³/mol. The summed E-state index contributed by atoms with van der Waals surface area (Å²) in [6.45, 7) is 2.98. The average Bonchev–Trinajstić information content (AvgIpc) is 2.66. The summed E-state index contributed by atoms with van der Waals surface area (Å²) in [4.78, 5) is 0. The molecule has 0 saturated carbocycles. The van der Waals surface area contributed by atoms with E-state index in [9.17, 15) is 5.21 Å². The normalized spacial score (nSPS) is 11.3. The van der Waals surface area contributed by atoms with Gasteiger partial charge in [0.15, 0.2) is 6.54 Å². The van der Waals surface area contributed by atoms with Gasteiger partial charge < -0.3 is 5.21 Å². The van der Waals surface area contributed by atoms with Crippen LogP contribution in [-0.4, -0.2) is 5.27 Å². The van der Waals surface area contributed by atoms with Crippen LogP contribution in [0.25, 0.3) is 0 Å². The van der Waals surface area contributed by atoms with E-state index in [0.717, 1.165) is 13.0 Å². The summed E-state index contributed by atoms with van der Waals surface area (Å²) >= 11 is 0. The molecule has 0 fully saturated rings. The molecule has 84 valence electrons. The zero-order valence-corrected chi connectivity index (χ0v) is 8.93. The maximum absolute atomic E-state index is 9.80. The van der Waals surface area contributed by atoms with E-state index in [4.69, 9.17) is 4.52 Å². The minimum atomic E-state index is 0.151. The molecule has 6 nitrogen and oxygen atoms in total. The van der Waals surface area contributed by atoms with Crippen LogP contribution in [0, 0.1) is 5.21 Å². The molecule has 0 saturated heterocycles. The Labute approximate surface area is 88.5 Å². The minimum Gasteiger partial charge on any atom is -0.775 e. The Morgan fingerprint density at radius 1 is 1.40 bits per heavy atom. The molecule has 1 rings (SSSR count). The summed E-state index contributed by atoms with van der Waals surface area (Å²) in [6.07, 6.45) is 7.59. The number of aromatic nitrogens is 2. The van der Waals surface area contributed by atoms with Gasteiger partial charge in [0, 0.05) is 6.42 Å². The summed E-state index contributed by atoms with van der Waals surface area (Å²) in [5.74, 6) is 0.151. The standard InChI is InChI=1S/C9H16N4O2/c1-2-3-4-5-6-7-13-8-9(10-11-14)15-12-13/h8H,2-7H2,1H3. The first kappa shape index (κ1) is 11.6. The van der Waals surface area contributed by atoms with E-state index in [2.05, 4.69) is 22.6 Å². The van der Waals surface area contributed by atoms with Crippen LogP contribution in [0.3, 0.4) is 0 Å². The topological polar surface area (TPSA) is 77.7 Å². The van der Waals surface area contributed by atoms with Gasteiger partial charge in [0.05, 0.1) is 0 Å². The van der Waals surface area contributed by atoms with Crippen molar-refractivity contribution in [2.45, 2.75) is 45.6 Å². The Bertz CT molecular complexity index is 298. The maximum atomic E-state index is 9.80. The third kappa shape index (κ3) is 4.53. The van der Waals surface area contributed by atoms with Gasteiger partial charge >= 0.3 is 5.88 Å². The molecule has 0 radical (unpaired) electrons. The molecule has 0 aliphatic carbocycles. The van der Waals surface area contributed by atoms with Crippen molar-refractivity contribution in [2.75, 3.05) is 0 Å². The summed E-state index contributed by atoms with van der Waals surface area (Å²) < 4.78 is 6.37. The monoisotopic (exact) mass is 212 g/mol. The Morgan fingerprint density at radius 3 is 2.93 bits per heavy atom. The van der Waals surface area contributed by atoms with Gasteiger partial charge in [-0.15, -0.1) is 5.11 Å². The van der Waals surface area contributed by atoms with E-state index in [-0.39, 0.29) is 5.88 Å². The predicted octanol–water partition coefficient (Wildman–Crippen LogP) is 2.51. The van der Waals surface area contributed by atoms with Crippen LogP contribution in [0.1, 0.15) is 39.0 Å². The van der Waals surface area contributed by atoms with Crippen LogP contribution in [0.15, 0.2) is 21.1 Å². The van der Waals surface area contributed by atoms with Gasteiger partial charge in [-0.05, 0) is 6.42 Å². The first-order valence-electron chi connectivity index (χ1n) is 5.26. The highest BCUT2D eigenvalue weighted by Gasteiger charge is 2.09. The number of hydrogen-bond donors (Lipinski definition) is 0. The molecule has 0 spiro atoms. The van der Waals surface area contributed by atoms with E-state index in [1.54, 1.807) is 10.9 Å². The zero-order valence-electron chi connectivity index (χ0n) is 8.93. The highest BCUT2D eigenvalue weighted by molar-refractivity contribution is 5.09. The number of unbranched alkanes of at least 4 members (excludes halogenated alkanes) is 4. The summed E-state index contributed by atoms with van der Waals surface area (Å²) in [5.41, 5.74) is 0. The van der Waals surface area contributed by atoms with E-state index in [0.29, 0.717) is 0 Å². The molecule has 0 atom stereocenters. The molecule has 1 aromatic heterocycles. The van der Waals surface area contributed by atoms with Crippen LogP contribution < -0.4 is 4.68 Å². The smallest absolute Gasteiger partial charge is 0.339 e. The Morgan fingerprint density at radius 2 is 2.20 bits per heavy atom. The second kappa shape index (κ2) is 6.92. The highest BCUT2D eigenvalue weighted by atomic mass is 16.5. The molecular weight excluding hydrogens is 196 g/mol. The van der Waals surface area contributed by atoms with Gasteiger partial charge in [0.1, 0.15) is 0 Å². The number of aryl methyl sites for hydroxylation is 1. The zero-order chi connectivity index (χ0) is 10.9. The fraction of sp³-hybridized carbons (Fsp3) is 0.778. The number of hydrogen-bond acceptors (Lipinski definition) is 5. The van der Waals surface area contributed by atoms with Gasteiger partial charge in [0.2, 0.25) is 5.27 Å². The van der Waals surface area contributed by atoms with Crippen molar-refractivity contribution in [1.29, 1.82) is 0 Å². The lowest BCUT2D eigenvalue weighted by Gasteiger charge is -1.93. The first-order valence-corrected chi connectivity index (χ1v) is 5.26. The van der Waals surface area contributed by atoms with E-state index in [1.165, 1.54) is 25.7 Å². The van der Waals surface area contributed by atoms with E-state index >= 15 is 0 Å². The SMILES string of the molecule is CCCCCCC[n+]1cc(/N=N/[O-])on1. The van der Waals surface area contributed by atoms with Crippen molar-refractivity contribution >= 4 is 5.88 Å². The number of rotatable bonds is 7. The van der Waals surface area contributed by atoms with Gasteiger partial charge in [-0.1, -0.05) is 30.9 Å². The first-order chi connectivity index (χ1) is 7.36. The lowest BCUT2D eigenvalue weighted by atomic mass is 10.1. The van der Waals surface area contributed by atoms with Gasteiger partial charge in [-0.3, -0.25) is 4.52 Å². The molecule has 0 unspecified atom stereocenters. The lowest BCUT2D eigenvalue weighted by Crippen LogP contribution is -2.34. The van der Waals surface area contributed by atoms with Gasteiger partial charge in [-0.25, -0.2) is 5.28 Å². The minimum absolute atomic E-state index is 0.151. The lowest BCUT2D eigenvalue weighted by molar-refractivity contribution is -0.762. The second-order valence-corrected chi connectivity index (χ2v) is 3.40. The Kier molecular flexibility index (Phi) is 5.35. The van der Waals surface area contributed by atoms with Crippen molar-refractivity contribution in [3.05, 3.63) is 11.4 Å². The quantitative estimate of drug-likeness (QED) is 0.301. The van der Waals surface area contributed by atoms with Gasteiger partial charge in [-0.2, -0.15) is 0 Å². The third-order valence-electron chi connectivity index (χ3n) is 2.13. The number of nitrogens with zero attached hydrogens (tertiary/aromatic N) is 4. The van der Waals surface area contributed by atoms with Crippen molar-refractivity contribution in [3.63, 3.8) is 0 Å². The van der Waals surface area contributed by atoms with Crippen LogP contribution in [0.2, 0.25) is 0 Å². The van der Waals surface area contributed by atoms with Crippen LogP contribution in [0.5, 0.6) is 0 Å². The maximum Gasteiger partial charge on any atom is 0.339 e. The molecule has 6 heteroatoms. The molecular formula is C9H16N4O2. The molecule has 0 N–H and O–H groups in total. The Hall–Kier alpha value is -1.46. The van der Waals surface area contributed by atoms with Crippen LogP contribution in [0.4, 0.5) is 5.88 Å². The average molecular weight is 212 g/mol. The van der Waals surface area contributed by atoms with Crippen molar-refractivity contribution in [3.8, 4) is 0 Å². The van der Waals surface area contributed by atoms with Crippen LogP contribution in [-0.2, 0) is 6.54 Å². The third-order valence-corrected chi connectivity index (χ3v) is 2.13. The molecule has 15 heavy (non-hydrogen) atoms. The highest BCUT2D eigenvalue weighted by Crippen LogP contribution is 2.06. The Balaban J connectivity index is 2.19. The molecule has 0 aromatic carbocycles. The van der Waals surface area contributed by atoms with Crippen molar-refractivity contribution in [2.24, 2.45) is 10.4 Å². The summed E-state index contributed by atoms with van der Waals surface area (Å²) in [7, 11) is 0. The van der Waals surface area contributed by atoms with Crippen molar-refractivity contribution < 1.29 is 9.20 Å². The molecule has 0 bridgehead atoms. The summed E-state index contributed by atoms with van der Waals surface area (Å²) in [6, 6.07) is 0. The summed E-state index contributed by atoms with van der Waals surface area (Å²) in [5, 5.41) is 19.1. The van der Waals surface area contributed by atoms with E-state index in [1.807, 2.05) is 0 Å². The largest absolute Gasteiger partial charge is 0.775 e. The molecule has 0 aliphatic rings. The molecule has 1 aromatic rings. The molecule has 0 aliphatic heterocycles. The fourth-order valence-corrected chi connectivity index (χ4v) is 1.34. The second-order valence-electron chi connectivity index (χ2n) is 3.40. The van der Waals surface area contributed by atoms with Crippen LogP contribution >= 0.6 is 0 Å². The van der Waals surface area contributed by atoms with Crippen molar-refractivity contribution in [1.82, 2.24) is 5.27 Å². The molecule has 1 heterocycles.